The van der Waals surface area contributed by atoms with Gasteiger partial charge in [0, 0.05) is 47.5 Å². The van der Waals surface area contributed by atoms with E-state index >= 15 is 0 Å². The van der Waals surface area contributed by atoms with Crippen molar-refractivity contribution in [3.05, 3.63) is 11.6 Å². The molecule has 2 unspecified atom stereocenters. The molecule has 0 aliphatic heterocycles. The Morgan fingerprint density at radius 1 is 1.55 bits per heavy atom. The Morgan fingerprint density at radius 2 is 2.25 bits per heavy atom. The van der Waals surface area contributed by atoms with Crippen LogP contribution < -0.4 is 10.0 Å². The van der Waals surface area contributed by atoms with Gasteiger partial charge in [-0.3, -0.25) is 8.61 Å². The van der Waals surface area contributed by atoms with Crippen LogP contribution in [0.3, 0.4) is 0 Å². The summed E-state index contributed by atoms with van der Waals surface area (Å²) in [7, 11) is -3.19. The van der Waals surface area contributed by atoms with Crippen LogP contribution in [-0.2, 0) is 20.8 Å². The van der Waals surface area contributed by atoms with E-state index in [-0.39, 0.29) is 10.8 Å². The third kappa shape index (κ3) is 3.03. The van der Waals surface area contributed by atoms with E-state index in [0.29, 0.717) is 10.8 Å². The number of nitrogens with one attached hydrogen (secondary N) is 2. The van der Waals surface area contributed by atoms with Gasteiger partial charge in [-0.25, -0.2) is 18.1 Å². The number of aromatic nitrogens is 2. The van der Waals surface area contributed by atoms with Gasteiger partial charge in [-0.1, -0.05) is 0 Å². The van der Waals surface area contributed by atoms with Crippen molar-refractivity contribution in [3.63, 3.8) is 0 Å². The number of thiazole rings is 1. The fraction of sp³-hybridized carbons (Fsp3) is 0.500. The Labute approximate surface area is 123 Å². The van der Waals surface area contributed by atoms with Crippen LogP contribution in [0.25, 0.3) is 4.96 Å². The lowest BCUT2D eigenvalue weighted by Crippen LogP contribution is -2.36. The van der Waals surface area contributed by atoms with Gasteiger partial charge in [0.2, 0.25) is 0 Å². The van der Waals surface area contributed by atoms with E-state index in [0.717, 1.165) is 0 Å². The molecule has 0 saturated heterocycles. The number of sulfonamides is 1. The van der Waals surface area contributed by atoms with Gasteiger partial charge in [0.15, 0.2) is 15.8 Å². The third-order valence-electron chi connectivity index (χ3n) is 2.55. The van der Waals surface area contributed by atoms with Crippen molar-refractivity contribution < 1.29 is 12.6 Å². The minimum Gasteiger partial charge on any atom is -0.371 e. The predicted octanol–water partition coefficient (Wildman–Crippen LogP) is 0.483. The molecule has 0 saturated carbocycles. The Morgan fingerprint density at radius 3 is 2.85 bits per heavy atom. The molecular weight excluding hydrogens is 320 g/mol. The number of imidazole rings is 1. The molecule has 7 nitrogen and oxygen atoms in total. The summed E-state index contributed by atoms with van der Waals surface area (Å²) < 4.78 is 40.2. The van der Waals surface area contributed by atoms with E-state index in [1.165, 1.54) is 15.7 Å². The maximum Gasteiger partial charge on any atom is 0.260 e. The van der Waals surface area contributed by atoms with Crippen molar-refractivity contribution in [2.75, 3.05) is 24.4 Å². The molecule has 0 bridgehead atoms. The van der Waals surface area contributed by atoms with E-state index < -0.39 is 26.9 Å². The van der Waals surface area contributed by atoms with Crippen LogP contribution in [0, 0.1) is 0 Å². The number of nitrogens with zero attached hydrogens (tertiary/aromatic N) is 2. The fourth-order valence-corrected chi connectivity index (χ4v) is 5.09. The van der Waals surface area contributed by atoms with Gasteiger partial charge >= 0.3 is 0 Å². The SMILES string of the molecule is CNc1nc2sccn2c1S(=O)(=O)NC(C)CS(C)=O. The minimum absolute atomic E-state index is 0.0741. The van der Waals surface area contributed by atoms with Crippen molar-refractivity contribution in [1.29, 1.82) is 0 Å². The first kappa shape index (κ1) is 15.4. The summed E-state index contributed by atoms with van der Waals surface area (Å²) in [4.78, 5) is 4.82. The lowest BCUT2D eigenvalue weighted by Gasteiger charge is -2.13. The maximum atomic E-state index is 12.5. The molecular formula is C10H16N4O3S3. The molecule has 112 valence electrons. The number of hydrogen-bond donors (Lipinski definition) is 2. The van der Waals surface area contributed by atoms with Crippen LogP contribution in [0.4, 0.5) is 5.82 Å². The summed E-state index contributed by atoms with van der Waals surface area (Å²) >= 11 is 1.35. The zero-order chi connectivity index (χ0) is 14.9. The van der Waals surface area contributed by atoms with Crippen LogP contribution in [-0.4, -0.2) is 47.1 Å². The Balaban J connectivity index is 2.40. The van der Waals surface area contributed by atoms with Crippen LogP contribution in [0.1, 0.15) is 6.92 Å². The summed E-state index contributed by atoms with van der Waals surface area (Å²) in [5, 5.41) is 4.63. The molecule has 2 N–H and O–H groups in total. The van der Waals surface area contributed by atoms with E-state index in [4.69, 9.17) is 0 Å². The number of fused-ring (bicyclic) bond motifs is 1. The van der Waals surface area contributed by atoms with Crippen molar-refractivity contribution >= 4 is 42.9 Å². The molecule has 0 spiro atoms. The Kier molecular flexibility index (Phi) is 4.47. The van der Waals surface area contributed by atoms with Crippen molar-refractivity contribution in [2.24, 2.45) is 0 Å². The van der Waals surface area contributed by atoms with Crippen molar-refractivity contribution in [3.8, 4) is 0 Å². The molecule has 20 heavy (non-hydrogen) atoms. The zero-order valence-electron chi connectivity index (χ0n) is 11.3. The zero-order valence-corrected chi connectivity index (χ0v) is 13.7. The fourth-order valence-electron chi connectivity index (χ4n) is 1.89. The Bertz CT molecular complexity index is 734. The van der Waals surface area contributed by atoms with Gasteiger partial charge in [0.05, 0.1) is 0 Å². The van der Waals surface area contributed by atoms with Gasteiger partial charge in [-0.15, -0.1) is 11.3 Å². The molecule has 2 aromatic rings. The normalized spacial score (nSPS) is 15.3. The topological polar surface area (TPSA) is 92.6 Å². The number of hydrogen-bond acceptors (Lipinski definition) is 6. The molecule has 0 radical (unpaired) electrons. The quantitative estimate of drug-likeness (QED) is 0.800. The van der Waals surface area contributed by atoms with Gasteiger partial charge < -0.3 is 5.32 Å². The first-order valence-electron chi connectivity index (χ1n) is 5.81. The first-order valence-corrected chi connectivity index (χ1v) is 9.90. The van der Waals surface area contributed by atoms with E-state index in [9.17, 15) is 12.6 Å². The van der Waals surface area contributed by atoms with Gasteiger partial charge in [0.1, 0.15) is 0 Å². The molecule has 0 aromatic carbocycles. The summed E-state index contributed by atoms with van der Waals surface area (Å²) in [5.74, 6) is 0.564. The molecule has 2 heterocycles. The van der Waals surface area contributed by atoms with Crippen molar-refractivity contribution in [1.82, 2.24) is 14.1 Å². The van der Waals surface area contributed by atoms with Crippen LogP contribution in [0.15, 0.2) is 16.6 Å². The monoisotopic (exact) mass is 336 g/mol. The standard InChI is InChI=1S/C10H16N4O3S3/c1-7(6-19(3)15)13-20(16,17)9-8(11-2)12-10-14(9)4-5-18-10/h4-5,7,11,13H,6H2,1-3H3. The average molecular weight is 336 g/mol. The highest BCUT2D eigenvalue weighted by atomic mass is 32.2. The largest absolute Gasteiger partial charge is 0.371 e. The number of rotatable bonds is 6. The lowest BCUT2D eigenvalue weighted by molar-refractivity contribution is 0.566. The lowest BCUT2D eigenvalue weighted by atomic mass is 10.4. The van der Waals surface area contributed by atoms with E-state index in [1.54, 1.807) is 31.8 Å². The first-order chi connectivity index (χ1) is 9.35. The minimum atomic E-state index is -3.74. The van der Waals surface area contributed by atoms with Crippen LogP contribution in [0.2, 0.25) is 0 Å². The summed E-state index contributed by atoms with van der Waals surface area (Å²) in [6, 6.07) is -0.417. The molecule has 0 amide bonds. The van der Waals surface area contributed by atoms with E-state index in [2.05, 4.69) is 15.0 Å². The molecule has 10 heteroatoms. The van der Waals surface area contributed by atoms with Crippen molar-refractivity contribution in [2.45, 2.75) is 18.0 Å². The molecule has 2 atom stereocenters. The molecule has 0 aliphatic rings. The smallest absolute Gasteiger partial charge is 0.260 e. The van der Waals surface area contributed by atoms with Gasteiger partial charge in [-0.05, 0) is 6.92 Å². The van der Waals surface area contributed by atoms with Crippen LogP contribution in [0.5, 0.6) is 0 Å². The van der Waals surface area contributed by atoms with Crippen LogP contribution >= 0.6 is 11.3 Å². The molecule has 0 fully saturated rings. The van der Waals surface area contributed by atoms with Gasteiger partial charge in [-0.2, -0.15) is 0 Å². The third-order valence-corrected chi connectivity index (χ3v) is 5.89. The summed E-state index contributed by atoms with van der Waals surface area (Å²) in [6.07, 6.45) is 3.20. The highest BCUT2D eigenvalue weighted by Gasteiger charge is 2.27. The predicted molar refractivity (Wildman–Crippen MR) is 81.3 cm³/mol. The second-order valence-corrected chi connectivity index (χ2v) is 8.32. The van der Waals surface area contributed by atoms with Gasteiger partial charge in [0.25, 0.3) is 10.0 Å². The molecule has 2 rings (SSSR count). The highest BCUT2D eigenvalue weighted by Crippen LogP contribution is 2.25. The second kappa shape index (κ2) is 5.80. The molecule has 0 aliphatic carbocycles. The van der Waals surface area contributed by atoms with E-state index in [1.807, 2.05) is 0 Å². The average Bonchev–Trinajstić information content (AvgIpc) is 2.84. The maximum absolute atomic E-state index is 12.5. The summed E-state index contributed by atoms with van der Waals surface area (Å²) in [6.45, 7) is 1.68. The summed E-state index contributed by atoms with van der Waals surface area (Å²) in [5.41, 5.74) is 0. The second-order valence-electron chi connectivity index (χ2n) is 4.33. The Hall–Kier alpha value is -0.970. The highest BCUT2D eigenvalue weighted by molar-refractivity contribution is 7.89. The molecule has 2 aromatic heterocycles. The number of anilines is 1.